The lowest BCUT2D eigenvalue weighted by Gasteiger charge is -2.27. The van der Waals surface area contributed by atoms with E-state index in [4.69, 9.17) is 4.42 Å². The van der Waals surface area contributed by atoms with Gasteiger partial charge in [0.15, 0.2) is 0 Å². The minimum atomic E-state index is -3.11. The van der Waals surface area contributed by atoms with Crippen LogP contribution in [0.2, 0.25) is 0 Å². The molecular weight excluding hydrogens is 280 g/mol. The summed E-state index contributed by atoms with van der Waals surface area (Å²) in [5.41, 5.74) is 0.908. The van der Waals surface area contributed by atoms with Gasteiger partial charge in [-0.3, -0.25) is 0 Å². The van der Waals surface area contributed by atoms with Crippen LogP contribution < -0.4 is 5.32 Å². The third-order valence-corrected chi connectivity index (χ3v) is 4.16. The summed E-state index contributed by atoms with van der Waals surface area (Å²) < 4.78 is 27.8. The number of carbonyl (C=O) groups excluding carboxylic acids is 1. The molecule has 0 aromatic carbocycles. The van der Waals surface area contributed by atoms with E-state index in [0.717, 1.165) is 11.3 Å². The van der Waals surface area contributed by atoms with Crippen molar-refractivity contribution in [3.63, 3.8) is 0 Å². The van der Waals surface area contributed by atoms with Crippen molar-refractivity contribution in [2.45, 2.75) is 33.4 Å². The Labute approximate surface area is 120 Å². The summed E-state index contributed by atoms with van der Waals surface area (Å²) in [5, 5.41) is 2.78. The summed E-state index contributed by atoms with van der Waals surface area (Å²) in [7, 11) is -3.11. The van der Waals surface area contributed by atoms with E-state index >= 15 is 0 Å². The van der Waals surface area contributed by atoms with Crippen LogP contribution >= 0.6 is 0 Å². The Hall–Kier alpha value is -1.50. The number of furan rings is 1. The fourth-order valence-electron chi connectivity index (χ4n) is 2.05. The Morgan fingerprint density at radius 1 is 1.50 bits per heavy atom. The molecule has 1 aromatic rings. The van der Waals surface area contributed by atoms with Crippen LogP contribution in [-0.2, 0) is 16.4 Å². The van der Waals surface area contributed by atoms with E-state index < -0.39 is 9.84 Å². The molecule has 1 heterocycles. The second kappa shape index (κ2) is 6.78. The molecular formula is C13H22N2O4S. The summed E-state index contributed by atoms with van der Waals surface area (Å²) in [6, 6.07) is 1.16. The molecule has 2 amide bonds. The first-order valence-corrected chi connectivity index (χ1v) is 8.55. The summed E-state index contributed by atoms with van der Waals surface area (Å²) in [4.78, 5) is 13.6. The smallest absolute Gasteiger partial charge is 0.317 e. The largest absolute Gasteiger partial charge is 0.469 e. The standard InChI is InChI=1S/C13H22N2O4S/c1-5-15(10(2)9-20(4,17)18)13(16)14-8-12-6-7-19-11(12)3/h6-7,10H,5,8-9H2,1-4H3,(H,14,16). The Morgan fingerprint density at radius 3 is 2.60 bits per heavy atom. The molecule has 1 aromatic heterocycles. The summed E-state index contributed by atoms with van der Waals surface area (Å²) in [6.07, 6.45) is 2.74. The van der Waals surface area contributed by atoms with Crippen LogP contribution in [0.15, 0.2) is 16.7 Å². The molecule has 0 bridgehead atoms. The van der Waals surface area contributed by atoms with Gasteiger partial charge in [0.1, 0.15) is 15.6 Å². The third kappa shape index (κ3) is 4.88. The maximum absolute atomic E-state index is 12.1. The number of hydrogen-bond acceptors (Lipinski definition) is 4. The molecule has 114 valence electrons. The van der Waals surface area contributed by atoms with E-state index in [1.165, 1.54) is 11.2 Å². The fraction of sp³-hybridized carbons (Fsp3) is 0.615. The number of nitrogens with zero attached hydrogens (tertiary/aromatic N) is 1. The molecule has 0 saturated heterocycles. The van der Waals surface area contributed by atoms with Gasteiger partial charge in [-0.1, -0.05) is 0 Å². The van der Waals surface area contributed by atoms with Gasteiger partial charge in [-0.25, -0.2) is 13.2 Å². The first kappa shape index (κ1) is 16.6. The number of hydrogen-bond donors (Lipinski definition) is 1. The van der Waals surface area contributed by atoms with E-state index in [9.17, 15) is 13.2 Å². The number of rotatable bonds is 6. The Balaban J connectivity index is 2.61. The maximum Gasteiger partial charge on any atom is 0.317 e. The van der Waals surface area contributed by atoms with Gasteiger partial charge in [-0.05, 0) is 26.8 Å². The van der Waals surface area contributed by atoms with Gasteiger partial charge in [0, 0.05) is 31.0 Å². The van der Waals surface area contributed by atoms with Crippen molar-refractivity contribution >= 4 is 15.9 Å². The van der Waals surface area contributed by atoms with Gasteiger partial charge >= 0.3 is 6.03 Å². The van der Waals surface area contributed by atoms with Crippen LogP contribution in [-0.4, -0.2) is 43.9 Å². The highest BCUT2D eigenvalue weighted by atomic mass is 32.2. The van der Waals surface area contributed by atoms with Crippen LogP contribution in [0.3, 0.4) is 0 Å². The molecule has 0 aliphatic carbocycles. The highest BCUT2D eigenvalue weighted by Gasteiger charge is 2.21. The third-order valence-electron chi connectivity index (χ3n) is 3.07. The highest BCUT2D eigenvalue weighted by Crippen LogP contribution is 2.09. The normalized spacial score (nSPS) is 13.0. The SMILES string of the molecule is CCN(C(=O)NCc1ccoc1C)C(C)CS(C)(=O)=O. The predicted octanol–water partition coefficient (Wildman–Crippen LogP) is 1.55. The van der Waals surface area contributed by atoms with E-state index in [-0.39, 0.29) is 17.8 Å². The second-order valence-electron chi connectivity index (χ2n) is 4.89. The lowest BCUT2D eigenvalue weighted by molar-refractivity contribution is 0.187. The second-order valence-corrected chi connectivity index (χ2v) is 7.07. The topological polar surface area (TPSA) is 79.6 Å². The minimum absolute atomic E-state index is 0.0427. The van der Waals surface area contributed by atoms with Crippen LogP contribution in [0.1, 0.15) is 25.2 Å². The number of nitrogens with one attached hydrogen (secondary N) is 1. The Kier molecular flexibility index (Phi) is 5.62. The molecule has 0 saturated carbocycles. The number of sulfone groups is 1. The lowest BCUT2D eigenvalue weighted by atomic mass is 10.2. The van der Waals surface area contributed by atoms with Crippen molar-refractivity contribution in [2.75, 3.05) is 18.6 Å². The number of aryl methyl sites for hydroxylation is 1. The molecule has 1 unspecified atom stereocenters. The molecule has 1 N–H and O–H groups in total. The number of urea groups is 1. The molecule has 0 aliphatic heterocycles. The zero-order valence-electron chi connectivity index (χ0n) is 12.3. The lowest BCUT2D eigenvalue weighted by Crippen LogP contribution is -2.47. The molecule has 6 nitrogen and oxygen atoms in total. The minimum Gasteiger partial charge on any atom is -0.469 e. The van der Waals surface area contributed by atoms with Crippen molar-refractivity contribution in [1.29, 1.82) is 0 Å². The van der Waals surface area contributed by atoms with E-state index in [2.05, 4.69) is 5.32 Å². The maximum atomic E-state index is 12.1. The van der Waals surface area contributed by atoms with E-state index in [0.29, 0.717) is 13.1 Å². The summed E-state index contributed by atoms with van der Waals surface area (Å²) >= 11 is 0. The first-order valence-electron chi connectivity index (χ1n) is 6.49. The molecule has 1 atom stereocenters. The average molecular weight is 302 g/mol. The van der Waals surface area contributed by atoms with Gasteiger partial charge in [0.25, 0.3) is 0 Å². The van der Waals surface area contributed by atoms with Crippen molar-refractivity contribution in [3.05, 3.63) is 23.7 Å². The molecule has 0 radical (unpaired) electrons. The Morgan fingerprint density at radius 2 is 2.15 bits per heavy atom. The summed E-state index contributed by atoms with van der Waals surface area (Å²) in [6.45, 7) is 6.19. The van der Waals surface area contributed by atoms with Crippen molar-refractivity contribution in [3.8, 4) is 0 Å². The quantitative estimate of drug-likeness (QED) is 0.864. The summed E-state index contributed by atoms with van der Waals surface area (Å²) in [5.74, 6) is 0.719. The molecule has 0 spiro atoms. The van der Waals surface area contributed by atoms with Crippen LogP contribution in [0, 0.1) is 6.92 Å². The van der Waals surface area contributed by atoms with E-state index in [1.54, 1.807) is 19.3 Å². The van der Waals surface area contributed by atoms with Gasteiger partial charge in [-0.15, -0.1) is 0 Å². The molecule has 0 aliphatic rings. The first-order chi connectivity index (χ1) is 9.24. The number of carbonyl (C=O) groups is 1. The molecule has 1 rings (SSSR count). The zero-order chi connectivity index (χ0) is 15.3. The van der Waals surface area contributed by atoms with Crippen LogP contribution in [0.25, 0.3) is 0 Å². The Bertz CT molecular complexity index is 550. The van der Waals surface area contributed by atoms with Crippen molar-refractivity contribution in [1.82, 2.24) is 10.2 Å². The monoisotopic (exact) mass is 302 g/mol. The fourth-order valence-corrected chi connectivity index (χ4v) is 3.11. The molecule has 0 fully saturated rings. The van der Waals surface area contributed by atoms with E-state index in [1.807, 2.05) is 13.8 Å². The van der Waals surface area contributed by atoms with Gasteiger partial charge < -0.3 is 14.6 Å². The molecule has 20 heavy (non-hydrogen) atoms. The van der Waals surface area contributed by atoms with Crippen molar-refractivity contribution < 1.29 is 17.6 Å². The number of amides is 2. The van der Waals surface area contributed by atoms with Gasteiger partial charge in [-0.2, -0.15) is 0 Å². The van der Waals surface area contributed by atoms with Crippen molar-refractivity contribution in [2.24, 2.45) is 0 Å². The predicted molar refractivity (Wildman–Crippen MR) is 77.2 cm³/mol. The van der Waals surface area contributed by atoms with Gasteiger partial charge in [0.2, 0.25) is 0 Å². The van der Waals surface area contributed by atoms with Gasteiger partial charge in [0.05, 0.1) is 12.0 Å². The zero-order valence-corrected chi connectivity index (χ0v) is 13.2. The average Bonchev–Trinajstić information content (AvgIpc) is 2.70. The highest BCUT2D eigenvalue weighted by molar-refractivity contribution is 7.90. The van der Waals surface area contributed by atoms with Crippen LogP contribution in [0.4, 0.5) is 4.79 Å². The van der Waals surface area contributed by atoms with Crippen LogP contribution in [0.5, 0.6) is 0 Å². The molecule has 7 heteroatoms.